The molecule has 1 aromatic rings. The summed E-state index contributed by atoms with van der Waals surface area (Å²) in [6.45, 7) is 6.63. The standard InChI is InChI=1S/C15H21N3O/c1-10(2)15(19)18-6-5-17-9-13(18)7-11-3-4-12(16)8-14(11)17/h3-4,8,10,13H,5-7,9,16H2,1-2H3. The van der Waals surface area contributed by atoms with Crippen molar-refractivity contribution in [1.29, 1.82) is 0 Å². The molecule has 2 aliphatic heterocycles. The second-order valence-corrected chi connectivity index (χ2v) is 5.88. The Balaban J connectivity index is 1.89. The smallest absolute Gasteiger partial charge is 0.225 e. The van der Waals surface area contributed by atoms with Crippen molar-refractivity contribution < 1.29 is 4.79 Å². The Morgan fingerprint density at radius 1 is 1.37 bits per heavy atom. The SMILES string of the molecule is CC(C)C(=O)N1CCN2CC1Cc1ccc(N)cc12. The van der Waals surface area contributed by atoms with Gasteiger partial charge >= 0.3 is 0 Å². The predicted octanol–water partition coefficient (Wildman–Crippen LogP) is 1.50. The number of anilines is 2. The Morgan fingerprint density at radius 3 is 2.89 bits per heavy atom. The lowest BCUT2D eigenvalue weighted by Crippen LogP contribution is -2.59. The van der Waals surface area contributed by atoms with E-state index in [2.05, 4.69) is 21.9 Å². The molecule has 2 aliphatic rings. The van der Waals surface area contributed by atoms with Crippen molar-refractivity contribution in [2.45, 2.75) is 26.3 Å². The van der Waals surface area contributed by atoms with Gasteiger partial charge in [0.15, 0.2) is 0 Å². The van der Waals surface area contributed by atoms with Crippen molar-refractivity contribution in [3.8, 4) is 0 Å². The summed E-state index contributed by atoms with van der Waals surface area (Å²) in [7, 11) is 0. The molecule has 4 nitrogen and oxygen atoms in total. The van der Waals surface area contributed by atoms with Crippen molar-refractivity contribution in [2.75, 3.05) is 30.3 Å². The zero-order valence-electron chi connectivity index (χ0n) is 11.6. The summed E-state index contributed by atoms with van der Waals surface area (Å²) in [6, 6.07) is 6.44. The average Bonchev–Trinajstić information content (AvgIpc) is 2.39. The Morgan fingerprint density at radius 2 is 2.16 bits per heavy atom. The highest BCUT2D eigenvalue weighted by molar-refractivity contribution is 5.79. The topological polar surface area (TPSA) is 49.6 Å². The second-order valence-electron chi connectivity index (χ2n) is 5.88. The van der Waals surface area contributed by atoms with Crippen LogP contribution in [0.25, 0.3) is 0 Å². The van der Waals surface area contributed by atoms with Crippen LogP contribution in [0, 0.1) is 5.92 Å². The summed E-state index contributed by atoms with van der Waals surface area (Å²) in [5.74, 6) is 0.364. The maximum Gasteiger partial charge on any atom is 0.225 e. The van der Waals surface area contributed by atoms with E-state index < -0.39 is 0 Å². The minimum Gasteiger partial charge on any atom is -0.399 e. The van der Waals surface area contributed by atoms with Gasteiger partial charge in [-0.05, 0) is 24.1 Å². The highest BCUT2D eigenvalue weighted by Gasteiger charge is 2.35. The summed E-state index contributed by atoms with van der Waals surface area (Å²) in [4.78, 5) is 16.7. The molecule has 3 rings (SSSR count). The third kappa shape index (κ3) is 2.05. The third-order valence-electron chi connectivity index (χ3n) is 4.17. The minimum atomic E-state index is 0.0827. The molecule has 2 N–H and O–H groups in total. The number of amides is 1. The Bertz CT molecular complexity index is 512. The molecule has 2 bridgehead atoms. The quantitative estimate of drug-likeness (QED) is 0.778. The van der Waals surface area contributed by atoms with Gasteiger partial charge in [-0.15, -0.1) is 0 Å². The summed E-state index contributed by atoms with van der Waals surface area (Å²) >= 11 is 0. The maximum absolute atomic E-state index is 12.3. The van der Waals surface area contributed by atoms with Crippen LogP contribution in [0.3, 0.4) is 0 Å². The summed E-state index contributed by atoms with van der Waals surface area (Å²) in [5.41, 5.74) is 9.26. The van der Waals surface area contributed by atoms with E-state index in [0.29, 0.717) is 6.04 Å². The van der Waals surface area contributed by atoms with E-state index in [-0.39, 0.29) is 11.8 Å². The molecule has 0 aliphatic carbocycles. The highest BCUT2D eigenvalue weighted by Crippen LogP contribution is 2.33. The zero-order chi connectivity index (χ0) is 13.6. The van der Waals surface area contributed by atoms with Gasteiger partial charge in [-0.1, -0.05) is 19.9 Å². The van der Waals surface area contributed by atoms with Gasteiger partial charge in [0.1, 0.15) is 0 Å². The van der Waals surface area contributed by atoms with Crippen molar-refractivity contribution in [3.05, 3.63) is 23.8 Å². The highest BCUT2D eigenvalue weighted by atomic mass is 16.2. The van der Waals surface area contributed by atoms with E-state index in [1.807, 2.05) is 19.9 Å². The van der Waals surface area contributed by atoms with E-state index in [1.54, 1.807) is 0 Å². The molecule has 1 amide bonds. The van der Waals surface area contributed by atoms with Crippen molar-refractivity contribution >= 4 is 17.3 Å². The van der Waals surface area contributed by atoms with E-state index in [9.17, 15) is 4.79 Å². The molecule has 102 valence electrons. The van der Waals surface area contributed by atoms with E-state index in [4.69, 9.17) is 5.73 Å². The van der Waals surface area contributed by atoms with Gasteiger partial charge in [0.25, 0.3) is 0 Å². The van der Waals surface area contributed by atoms with Gasteiger partial charge in [0.05, 0.1) is 6.04 Å². The monoisotopic (exact) mass is 259 g/mol. The number of carbonyl (C=O) groups is 1. The number of rotatable bonds is 1. The molecule has 1 aromatic carbocycles. The lowest BCUT2D eigenvalue weighted by atomic mass is 9.93. The van der Waals surface area contributed by atoms with E-state index in [1.165, 1.54) is 11.3 Å². The van der Waals surface area contributed by atoms with E-state index >= 15 is 0 Å². The fourth-order valence-corrected chi connectivity index (χ4v) is 3.17. The van der Waals surface area contributed by atoms with Gasteiger partial charge in [-0.2, -0.15) is 0 Å². The number of nitrogens with two attached hydrogens (primary N) is 1. The lowest BCUT2D eigenvalue weighted by molar-refractivity contribution is -0.137. The minimum absolute atomic E-state index is 0.0827. The maximum atomic E-state index is 12.3. The summed E-state index contributed by atoms with van der Waals surface area (Å²) in [5, 5.41) is 0. The van der Waals surface area contributed by atoms with Gasteiger partial charge < -0.3 is 15.5 Å². The summed E-state index contributed by atoms with van der Waals surface area (Å²) in [6.07, 6.45) is 0.949. The van der Waals surface area contributed by atoms with Crippen LogP contribution in [-0.4, -0.2) is 36.5 Å². The fourth-order valence-electron chi connectivity index (χ4n) is 3.17. The Labute approximate surface area is 114 Å². The normalized spacial score (nSPS) is 21.5. The molecule has 1 fully saturated rings. The van der Waals surface area contributed by atoms with Crippen LogP contribution in [0.15, 0.2) is 18.2 Å². The zero-order valence-corrected chi connectivity index (χ0v) is 11.6. The first-order chi connectivity index (χ1) is 9.06. The Hall–Kier alpha value is -1.71. The molecule has 4 heteroatoms. The first kappa shape index (κ1) is 12.3. The number of piperazine rings is 1. The van der Waals surface area contributed by atoms with Crippen LogP contribution in [0.4, 0.5) is 11.4 Å². The molecule has 0 saturated carbocycles. The van der Waals surface area contributed by atoms with Crippen molar-refractivity contribution in [3.63, 3.8) is 0 Å². The van der Waals surface area contributed by atoms with Crippen LogP contribution >= 0.6 is 0 Å². The number of nitrogen functional groups attached to an aromatic ring is 1. The second kappa shape index (κ2) is 4.44. The largest absolute Gasteiger partial charge is 0.399 e. The predicted molar refractivity (Wildman–Crippen MR) is 77.1 cm³/mol. The number of hydrogen-bond donors (Lipinski definition) is 1. The number of carbonyl (C=O) groups excluding carboxylic acids is 1. The van der Waals surface area contributed by atoms with Crippen molar-refractivity contribution in [2.24, 2.45) is 5.92 Å². The molecule has 1 atom stereocenters. The molecule has 1 saturated heterocycles. The molecule has 0 aromatic heterocycles. The molecular weight excluding hydrogens is 238 g/mol. The number of nitrogens with zero attached hydrogens (tertiary/aromatic N) is 2. The molecular formula is C15H21N3O. The number of benzene rings is 1. The van der Waals surface area contributed by atoms with Crippen LogP contribution < -0.4 is 10.6 Å². The van der Waals surface area contributed by atoms with Gasteiger partial charge in [0.2, 0.25) is 5.91 Å². The Kier molecular flexibility index (Phi) is 2.88. The van der Waals surface area contributed by atoms with Crippen LogP contribution in [0.5, 0.6) is 0 Å². The van der Waals surface area contributed by atoms with Crippen LogP contribution in [0.2, 0.25) is 0 Å². The van der Waals surface area contributed by atoms with Gasteiger partial charge in [-0.25, -0.2) is 0 Å². The molecule has 2 heterocycles. The van der Waals surface area contributed by atoms with E-state index in [0.717, 1.165) is 31.7 Å². The molecule has 0 radical (unpaired) electrons. The molecule has 0 spiro atoms. The first-order valence-electron chi connectivity index (χ1n) is 7.00. The van der Waals surface area contributed by atoms with Crippen molar-refractivity contribution in [1.82, 2.24) is 4.90 Å². The third-order valence-corrected chi connectivity index (χ3v) is 4.17. The first-order valence-corrected chi connectivity index (χ1v) is 7.00. The summed E-state index contributed by atoms with van der Waals surface area (Å²) < 4.78 is 0. The van der Waals surface area contributed by atoms with Crippen LogP contribution in [0.1, 0.15) is 19.4 Å². The fraction of sp³-hybridized carbons (Fsp3) is 0.533. The van der Waals surface area contributed by atoms with Crippen LogP contribution in [-0.2, 0) is 11.2 Å². The average molecular weight is 259 g/mol. The lowest BCUT2D eigenvalue weighted by Gasteiger charge is -2.47. The number of fused-ring (bicyclic) bond motifs is 4. The molecule has 19 heavy (non-hydrogen) atoms. The van der Waals surface area contributed by atoms with Gasteiger partial charge in [0, 0.05) is 36.9 Å². The molecule has 1 unspecified atom stereocenters. The number of hydrogen-bond acceptors (Lipinski definition) is 3. The van der Waals surface area contributed by atoms with Gasteiger partial charge in [-0.3, -0.25) is 4.79 Å².